The second-order valence-electron chi connectivity index (χ2n) is 11.0. The molecule has 9 heteroatoms. The van der Waals surface area contributed by atoms with Crippen molar-refractivity contribution in [3.63, 3.8) is 0 Å². The lowest BCUT2D eigenvalue weighted by Gasteiger charge is -2.16. The van der Waals surface area contributed by atoms with Gasteiger partial charge in [-0.1, -0.05) is 37.3 Å². The number of fused-ring (bicyclic) bond motifs is 1. The van der Waals surface area contributed by atoms with Crippen LogP contribution in [0, 0.1) is 24.0 Å². The van der Waals surface area contributed by atoms with Gasteiger partial charge in [0.05, 0.1) is 5.69 Å². The molecule has 0 spiro atoms. The predicted molar refractivity (Wildman–Crippen MR) is 154 cm³/mol. The zero-order valence-corrected chi connectivity index (χ0v) is 23.4. The first-order valence-corrected chi connectivity index (χ1v) is 14.0. The van der Waals surface area contributed by atoms with Crippen molar-refractivity contribution >= 4 is 17.1 Å². The van der Waals surface area contributed by atoms with Crippen LogP contribution in [0.25, 0.3) is 22.4 Å². The van der Waals surface area contributed by atoms with Crippen molar-refractivity contribution in [2.75, 3.05) is 0 Å². The number of hydrogen-bond acceptors (Lipinski definition) is 5. The molecule has 214 valence electrons. The summed E-state index contributed by atoms with van der Waals surface area (Å²) in [4.78, 5) is 25.2. The average molecular weight is 569 g/mol. The van der Waals surface area contributed by atoms with E-state index in [-0.39, 0.29) is 30.0 Å². The van der Waals surface area contributed by atoms with Crippen LogP contribution in [0.1, 0.15) is 59.2 Å². The largest absolute Gasteiger partial charge is 0.477 e. The van der Waals surface area contributed by atoms with Gasteiger partial charge < -0.3 is 14.4 Å². The van der Waals surface area contributed by atoms with Crippen LogP contribution in [-0.4, -0.2) is 30.6 Å². The molecule has 3 heterocycles. The van der Waals surface area contributed by atoms with E-state index in [1.54, 1.807) is 42.5 Å². The maximum absolute atomic E-state index is 15.5. The molecule has 5 aromatic rings. The Labute approximate surface area is 241 Å². The normalized spacial score (nSPS) is 13.8. The topological polar surface area (TPSA) is 90.1 Å². The molecular formula is C33H30F2N4O3. The van der Waals surface area contributed by atoms with E-state index in [0.29, 0.717) is 51.8 Å². The Morgan fingerprint density at radius 3 is 2.48 bits per heavy atom. The second kappa shape index (κ2) is 11.0. The number of hydrogen-bond donors (Lipinski definition) is 1. The van der Waals surface area contributed by atoms with Crippen LogP contribution in [0.2, 0.25) is 0 Å². The Morgan fingerprint density at radius 2 is 1.76 bits per heavy atom. The molecule has 0 radical (unpaired) electrons. The molecule has 1 fully saturated rings. The summed E-state index contributed by atoms with van der Waals surface area (Å²) < 4.78 is 37.4. The minimum atomic E-state index is -1.10. The number of benzene rings is 2. The van der Waals surface area contributed by atoms with Gasteiger partial charge in [-0.05, 0) is 73.1 Å². The number of pyridine rings is 2. The zero-order chi connectivity index (χ0) is 29.4. The molecule has 0 amide bonds. The summed E-state index contributed by atoms with van der Waals surface area (Å²) in [6.07, 6.45) is 3.38. The zero-order valence-electron chi connectivity index (χ0n) is 23.4. The lowest BCUT2D eigenvalue weighted by Crippen LogP contribution is -2.15. The molecule has 1 aliphatic rings. The molecule has 0 atom stereocenters. The molecule has 1 aliphatic carbocycles. The monoisotopic (exact) mass is 568 g/mol. The van der Waals surface area contributed by atoms with Crippen molar-refractivity contribution in [1.29, 1.82) is 0 Å². The Bertz CT molecular complexity index is 1810. The molecule has 42 heavy (non-hydrogen) atoms. The first kappa shape index (κ1) is 27.5. The van der Waals surface area contributed by atoms with Crippen LogP contribution in [0.15, 0.2) is 66.7 Å². The first-order chi connectivity index (χ1) is 20.2. The third-order valence-electron chi connectivity index (χ3n) is 8.10. The van der Waals surface area contributed by atoms with Crippen molar-refractivity contribution in [3.8, 4) is 17.1 Å². The fraction of sp³-hybridized carbons (Fsp3) is 0.273. The number of aromatic carboxylic acids is 1. The molecule has 1 saturated carbocycles. The van der Waals surface area contributed by atoms with Crippen LogP contribution >= 0.6 is 0 Å². The molecule has 0 unspecified atom stereocenters. The number of aryl methyl sites for hydroxylation is 1. The molecule has 6 rings (SSSR count). The van der Waals surface area contributed by atoms with E-state index in [0.717, 1.165) is 24.8 Å². The Balaban J connectivity index is 1.25. The molecule has 0 bridgehead atoms. The van der Waals surface area contributed by atoms with Gasteiger partial charge in [-0.15, -0.1) is 0 Å². The maximum atomic E-state index is 15.5. The highest BCUT2D eigenvalue weighted by Gasteiger charge is 2.41. The maximum Gasteiger partial charge on any atom is 0.354 e. The number of aromatic nitrogens is 4. The number of carbonyl (C=O) groups is 1. The van der Waals surface area contributed by atoms with Crippen LogP contribution < -0.4 is 4.74 Å². The number of rotatable bonds is 10. The van der Waals surface area contributed by atoms with Crippen molar-refractivity contribution in [1.82, 2.24) is 19.5 Å². The molecular weight excluding hydrogens is 538 g/mol. The van der Waals surface area contributed by atoms with E-state index >= 15 is 4.39 Å². The van der Waals surface area contributed by atoms with E-state index < -0.39 is 11.8 Å². The number of imidazole rings is 1. The van der Waals surface area contributed by atoms with Gasteiger partial charge in [0.1, 0.15) is 29.6 Å². The predicted octanol–water partition coefficient (Wildman–Crippen LogP) is 7.14. The SMILES string of the molecule is CCC1(Cn2c(Cc3ccc(-c4cccc(OCc5ccc(C)cc5F)n4)cc3F)nc3ccc(C(=O)O)nc32)CC1. The number of nitrogens with zero attached hydrogens (tertiary/aromatic N) is 4. The van der Waals surface area contributed by atoms with Crippen molar-refractivity contribution in [3.05, 3.63) is 107 Å². The first-order valence-electron chi connectivity index (χ1n) is 14.0. The second-order valence-corrected chi connectivity index (χ2v) is 11.0. The number of carboxylic acid groups (broad SMARTS) is 1. The van der Waals surface area contributed by atoms with Gasteiger partial charge in [-0.2, -0.15) is 0 Å². The number of halogens is 2. The molecule has 3 aromatic heterocycles. The summed E-state index contributed by atoms with van der Waals surface area (Å²) in [6.45, 7) is 4.66. The highest BCUT2D eigenvalue weighted by molar-refractivity contribution is 5.88. The van der Waals surface area contributed by atoms with Gasteiger partial charge in [0.15, 0.2) is 11.3 Å². The standard InChI is InChI=1S/C33H30F2N4O3/c1-3-33(13-14-33)19-39-29(36-27-11-12-28(32(40)41)38-31(27)39)17-21-9-10-22(16-25(21)35)26-5-4-6-30(37-26)42-18-23-8-7-20(2)15-24(23)34/h4-12,15-16H,3,13-14,17-19H2,1-2H3,(H,40,41). The van der Waals surface area contributed by atoms with Crippen LogP contribution in [0.4, 0.5) is 8.78 Å². The van der Waals surface area contributed by atoms with Crippen LogP contribution in [-0.2, 0) is 19.6 Å². The highest BCUT2D eigenvalue weighted by atomic mass is 19.1. The van der Waals surface area contributed by atoms with E-state index in [1.165, 1.54) is 18.2 Å². The summed E-state index contributed by atoms with van der Waals surface area (Å²) in [5.74, 6) is -0.892. The smallest absolute Gasteiger partial charge is 0.354 e. The summed E-state index contributed by atoms with van der Waals surface area (Å²) in [6, 6.07) is 18.2. The molecule has 7 nitrogen and oxygen atoms in total. The van der Waals surface area contributed by atoms with Crippen molar-refractivity contribution in [2.24, 2.45) is 5.41 Å². The minimum absolute atomic E-state index is 0.0268. The van der Waals surface area contributed by atoms with Gasteiger partial charge in [0.25, 0.3) is 0 Å². The molecule has 1 N–H and O–H groups in total. The van der Waals surface area contributed by atoms with Crippen molar-refractivity contribution < 1.29 is 23.4 Å². The van der Waals surface area contributed by atoms with Crippen LogP contribution in [0.5, 0.6) is 5.88 Å². The van der Waals surface area contributed by atoms with Crippen molar-refractivity contribution in [2.45, 2.75) is 52.7 Å². The minimum Gasteiger partial charge on any atom is -0.477 e. The third-order valence-corrected chi connectivity index (χ3v) is 8.10. The molecule has 0 aliphatic heterocycles. The van der Waals surface area contributed by atoms with E-state index in [4.69, 9.17) is 9.72 Å². The van der Waals surface area contributed by atoms with Gasteiger partial charge in [0.2, 0.25) is 5.88 Å². The lowest BCUT2D eigenvalue weighted by atomic mass is 10.0. The Kier molecular flexibility index (Phi) is 7.18. The summed E-state index contributed by atoms with van der Waals surface area (Å²) in [7, 11) is 0. The molecule has 2 aromatic carbocycles. The number of carboxylic acids is 1. The lowest BCUT2D eigenvalue weighted by molar-refractivity contribution is 0.0691. The quantitative estimate of drug-likeness (QED) is 0.193. The van der Waals surface area contributed by atoms with Gasteiger partial charge in [0, 0.05) is 30.2 Å². The number of ether oxygens (including phenoxy) is 1. The average Bonchev–Trinajstić information content (AvgIpc) is 3.68. The molecule has 0 saturated heterocycles. The van der Waals surface area contributed by atoms with E-state index in [2.05, 4.69) is 16.9 Å². The Hall–Kier alpha value is -4.66. The fourth-order valence-corrected chi connectivity index (χ4v) is 5.20. The fourth-order valence-electron chi connectivity index (χ4n) is 5.20. The summed E-state index contributed by atoms with van der Waals surface area (Å²) in [5, 5.41) is 9.47. The summed E-state index contributed by atoms with van der Waals surface area (Å²) in [5.41, 5.74) is 4.00. The van der Waals surface area contributed by atoms with E-state index in [1.807, 2.05) is 17.6 Å². The van der Waals surface area contributed by atoms with Crippen LogP contribution in [0.3, 0.4) is 0 Å². The van der Waals surface area contributed by atoms with Gasteiger partial charge >= 0.3 is 5.97 Å². The highest BCUT2D eigenvalue weighted by Crippen LogP contribution is 2.50. The summed E-state index contributed by atoms with van der Waals surface area (Å²) >= 11 is 0. The third kappa shape index (κ3) is 5.59. The van der Waals surface area contributed by atoms with Gasteiger partial charge in [-0.3, -0.25) is 0 Å². The Morgan fingerprint density at radius 1 is 0.976 bits per heavy atom. The van der Waals surface area contributed by atoms with Gasteiger partial charge in [-0.25, -0.2) is 28.5 Å². The van der Waals surface area contributed by atoms with E-state index in [9.17, 15) is 14.3 Å².